The van der Waals surface area contributed by atoms with Gasteiger partial charge < -0.3 is 145 Å². The van der Waals surface area contributed by atoms with Gasteiger partial charge in [0, 0.05) is 20.8 Å². The van der Waals surface area contributed by atoms with Gasteiger partial charge in [-0.05, 0) is 0 Å². The quantitative estimate of drug-likeness (QED) is 0.0422. The Kier molecular flexibility index (Phi) is 24.8. The summed E-state index contributed by atoms with van der Waals surface area (Å²) in [5.74, 6) is -2.77. The number of aliphatic hydroxyl groups excluding tert-OH is 15. The highest BCUT2D eigenvalue weighted by atomic mass is 32.3. The number of aliphatic hydroxyl groups is 15. The molecule has 0 aromatic rings. The predicted molar refractivity (Wildman–Crippen MR) is 255 cm³/mol. The fourth-order valence-corrected chi connectivity index (χ4v) is 10.5. The van der Waals surface area contributed by atoms with Gasteiger partial charge in [0.25, 0.3) is 0 Å². The van der Waals surface area contributed by atoms with E-state index >= 15 is 0 Å². The monoisotopic (exact) mass is 1270 g/mol. The Morgan fingerprint density at radius 1 is 0.369 bits per heavy atom. The molecule has 0 saturated carbocycles. The molecule has 6 aliphatic rings. The lowest BCUT2D eigenvalue weighted by Gasteiger charge is -2.50. The molecule has 0 aliphatic carbocycles. The molecule has 0 bridgehead atoms. The Hall–Kier alpha value is -2.89. The molecule has 40 nitrogen and oxygen atoms in total. The molecule has 30 atom stereocenters. The lowest BCUT2D eigenvalue weighted by Crippen LogP contribution is -2.70. The van der Waals surface area contributed by atoms with Crippen LogP contribution in [0.1, 0.15) is 20.8 Å². The number of nitrogens with one attached hydrogen (secondary N) is 3. The first-order chi connectivity index (χ1) is 39.2. The van der Waals surface area contributed by atoms with E-state index in [-0.39, 0.29) is 0 Å². The molecule has 6 aliphatic heterocycles. The van der Waals surface area contributed by atoms with Gasteiger partial charge in [0.2, 0.25) is 17.7 Å². The van der Waals surface area contributed by atoms with E-state index in [2.05, 4.69) is 24.3 Å². The van der Waals surface area contributed by atoms with Crippen LogP contribution >= 0.6 is 0 Å². The van der Waals surface area contributed by atoms with Crippen molar-refractivity contribution in [2.24, 2.45) is 0 Å². The van der Waals surface area contributed by atoms with Crippen molar-refractivity contribution in [2.75, 3.05) is 39.6 Å². The predicted octanol–water partition coefficient (Wildman–Crippen LogP) is -14.0. The van der Waals surface area contributed by atoms with E-state index in [1.165, 1.54) is 0 Å². The fraction of sp³-hybridized carbons (Fsp3) is 0.929. The highest BCUT2D eigenvalue weighted by Crippen LogP contribution is 2.36. The molecule has 3 amide bonds. The second-order valence-corrected chi connectivity index (χ2v) is 22.2. The summed E-state index contributed by atoms with van der Waals surface area (Å²) in [7, 11) is -10.7. The number of amides is 3. The van der Waals surface area contributed by atoms with Crippen molar-refractivity contribution in [1.82, 2.24) is 16.0 Å². The van der Waals surface area contributed by atoms with E-state index in [1.807, 2.05) is 0 Å². The maximum Gasteiger partial charge on any atom is 0.397 e. The van der Waals surface area contributed by atoms with Gasteiger partial charge in [-0.3, -0.25) is 23.5 Å². The molecule has 6 saturated heterocycles. The summed E-state index contributed by atoms with van der Waals surface area (Å²) in [6.07, 6.45) is -55.4. The molecule has 84 heavy (non-hydrogen) atoms. The Balaban J connectivity index is 1.26. The number of hydrogen-bond acceptors (Lipinski definition) is 35. The van der Waals surface area contributed by atoms with E-state index in [4.69, 9.17) is 52.1 Å². The summed E-state index contributed by atoms with van der Waals surface area (Å²) in [6, 6.07) is -5.62. The first kappa shape index (κ1) is 70.2. The second kappa shape index (κ2) is 29.6. The van der Waals surface area contributed by atoms with E-state index < -0.39 is 262 Å². The van der Waals surface area contributed by atoms with Crippen LogP contribution in [0.25, 0.3) is 0 Å². The second-order valence-electron chi connectivity index (χ2n) is 20.1. The summed E-state index contributed by atoms with van der Waals surface area (Å²) in [5.41, 5.74) is 0. The zero-order valence-electron chi connectivity index (χ0n) is 44.1. The first-order valence-corrected chi connectivity index (χ1v) is 28.1. The number of carbonyl (C=O) groups excluding carboxylic acids is 3. The maximum atomic E-state index is 12.6. The van der Waals surface area contributed by atoms with Crippen LogP contribution in [0.3, 0.4) is 0 Å². The average Bonchev–Trinajstić information content (AvgIpc) is 2.69. The molecule has 20 N–H and O–H groups in total. The van der Waals surface area contributed by atoms with Crippen LogP contribution in [0.4, 0.5) is 0 Å². The number of ether oxygens (including phenoxy) is 11. The Morgan fingerprint density at radius 2 is 0.714 bits per heavy atom. The van der Waals surface area contributed by atoms with E-state index in [0.717, 1.165) is 20.8 Å². The summed E-state index contributed by atoms with van der Waals surface area (Å²) in [6.45, 7) is -3.82. The summed E-state index contributed by atoms with van der Waals surface area (Å²) in [4.78, 5) is 37.6. The van der Waals surface area contributed by atoms with Crippen molar-refractivity contribution in [3.8, 4) is 0 Å². The number of rotatable bonds is 23. The zero-order chi connectivity index (χ0) is 62.6. The van der Waals surface area contributed by atoms with Crippen LogP contribution in [0.2, 0.25) is 0 Å². The molecule has 0 unspecified atom stereocenters. The van der Waals surface area contributed by atoms with Gasteiger partial charge in [0.05, 0.1) is 39.6 Å². The van der Waals surface area contributed by atoms with Crippen molar-refractivity contribution in [3.05, 3.63) is 0 Å². The molecule has 6 fully saturated rings. The molecule has 0 radical (unpaired) electrons. The van der Waals surface area contributed by atoms with E-state index in [0.29, 0.717) is 0 Å². The van der Waals surface area contributed by atoms with Crippen molar-refractivity contribution in [3.63, 3.8) is 0 Å². The van der Waals surface area contributed by atoms with E-state index in [9.17, 15) is 117 Å². The largest absolute Gasteiger partial charge is 0.397 e. The van der Waals surface area contributed by atoms with Gasteiger partial charge >= 0.3 is 20.8 Å². The van der Waals surface area contributed by atoms with Crippen LogP contribution in [0.15, 0.2) is 0 Å². The molecule has 6 rings (SSSR count). The minimum absolute atomic E-state index is 0.904. The van der Waals surface area contributed by atoms with Crippen LogP contribution in [-0.2, 0) is 95.7 Å². The third-order valence-electron chi connectivity index (χ3n) is 14.0. The molecule has 0 spiro atoms. The highest BCUT2D eigenvalue weighted by Gasteiger charge is 2.58. The van der Waals surface area contributed by atoms with Gasteiger partial charge in [0.1, 0.15) is 146 Å². The minimum Gasteiger partial charge on any atom is -0.394 e. The van der Waals surface area contributed by atoms with Crippen molar-refractivity contribution < 1.29 is 177 Å². The van der Waals surface area contributed by atoms with Gasteiger partial charge in [-0.15, -0.1) is 0 Å². The molecular formula is C42H71N3O37S2. The highest BCUT2D eigenvalue weighted by molar-refractivity contribution is 7.81. The third-order valence-corrected chi connectivity index (χ3v) is 14.9. The normalized spacial score (nSPS) is 45.1. The summed E-state index contributed by atoms with van der Waals surface area (Å²) >= 11 is 0. The van der Waals surface area contributed by atoms with Gasteiger partial charge in [-0.1, -0.05) is 0 Å². The van der Waals surface area contributed by atoms with Gasteiger partial charge in [0.15, 0.2) is 37.7 Å². The van der Waals surface area contributed by atoms with E-state index in [1.54, 1.807) is 0 Å². The molecule has 488 valence electrons. The lowest BCUT2D eigenvalue weighted by atomic mass is 9.94. The van der Waals surface area contributed by atoms with Crippen LogP contribution in [-0.4, -0.2) is 344 Å². The van der Waals surface area contributed by atoms with Crippen molar-refractivity contribution >= 4 is 38.5 Å². The standard InChI is InChI=1S/C42H71N3O37S2/c1-10(49)43-19-26(56)33(79-40-30(60)28(58)22(52)13(4-46)74-40)17(8-71-83(64,65)66)77-38(19)70-7-16-25(55)35(21(37(63)73-16)45-12(3)51)81-42-32(62)36(24(54)15(6-48)76-42)82-39-20(44-11(2)50)27(57)34(18(78-39)9-72-84(67,68)69)80-41-31(61)29(59)23(53)14(5-47)75-41/h13-42,46-48,52-63H,4-9H2,1-3H3,(H,43,49)(H,44,50)(H,45,51)(H,64,65,66)(H,67,68,69)/t13-,14-,15-,16-,17-,18-,19-,20-,21-,22+,23+,24+,25+,26-,27-,28+,29+,30-,31-,32-,33-,34-,35-,36+,37+,38-,39+,40+,41+,42+/m1/s1. The molecule has 6 heterocycles. The fourth-order valence-electron chi connectivity index (χ4n) is 9.90. The zero-order valence-corrected chi connectivity index (χ0v) is 45.8. The number of hydrogen-bond donors (Lipinski definition) is 20. The Labute approximate surface area is 475 Å². The van der Waals surface area contributed by atoms with Crippen LogP contribution in [0.5, 0.6) is 0 Å². The van der Waals surface area contributed by atoms with Crippen molar-refractivity contribution in [2.45, 2.75) is 205 Å². The van der Waals surface area contributed by atoms with Gasteiger partial charge in [-0.25, -0.2) is 8.37 Å². The number of carbonyl (C=O) groups is 3. The van der Waals surface area contributed by atoms with Gasteiger partial charge in [-0.2, -0.15) is 16.8 Å². The molecule has 0 aromatic carbocycles. The van der Waals surface area contributed by atoms with Crippen molar-refractivity contribution in [1.29, 1.82) is 0 Å². The van der Waals surface area contributed by atoms with Crippen LogP contribution < -0.4 is 16.0 Å². The minimum atomic E-state index is -5.36. The summed E-state index contributed by atoms with van der Waals surface area (Å²) < 4.78 is 137. The maximum absolute atomic E-state index is 12.6. The average molecular weight is 1270 g/mol. The molecule has 42 heteroatoms. The Morgan fingerprint density at radius 3 is 1.13 bits per heavy atom. The first-order valence-electron chi connectivity index (χ1n) is 25.4. The summed E-state index contributed by atoms with van der Waals surface area (Å²) in [5, 5.41) is 169. The van der Waals surface area contributed by atoms with Crippen LogP contribution in [0, 0.1) is 0 Å². The topological polar surface area (TPSA) is 619 Å². The molecule has 0 aromatic heterocycles. The molecular weight excluding hydrogens is 1200 g/mol. The lowest BCUT2D eigenvalue weighted by molar-refractivity contribution is -0.376. The smallest absolute Gasteiger partial charge is 0.394 e. The third kappa shape index (κ3) is 17.1. The Bertz CT molecular complexity index is 2390. The SMILES string of the molecule is CC(=O)N[C@@H]1[C@@H](O[C@@H]2O[C@H](CO)[C@H](O)[C@H](O[C@@H]3O[C@H](COS(=O)(=O)O)[C@@H](O[C@@H]4O[C@H](CO)[C@H](O)[C@H](O)[C@H]4O)[C@H](O)[C@H]3NC(C)=O)[C@H]2O)[C@@H](O)[C@@H](CO[C@@H]2O[C@H](COS(=O)(=O)O)[C@@H](O[C@@H]3O[C@H](CO)[C@H](O)[C@H](O)[C@H]3O)[C@H](O)[C@H]2NC(C)=O)O[C@@H]1O.